The molecule has 15 heavy (non-hydrogen) atoms. The molecule has 3 nitrogen and oxygen atoms in total. The largest absolute Gasteiger partial charge is 0.339 e. The molecule has 0 aromatic heterocycles. The molecule has 2 N–H and O–H groups in total. The first-order chi connectivity index (χ1) is 6.94. The van der Waals surface area contributed by atoms with Gasteiger partial charge < -0.3 is 10.6 Å². The quantitative estimate of drug-likeness (QED) is 0.718. The highest BCUT2D eigenvalue weighted by molar-refractivity contribution is 5.76. The summed E-state index contributed by atoms with van der Waals surface area (Å²) in [5, 5.41) is 0. The predicted octanol–water partition coefficient (Wildman–Crippen LogP) is 1.54. The van der Waals surface area contributed by atoms with Crippen molar-refractivity contribution in [1.82, 2.24) is 4.90 Å². The molecule has 86 valence electrons. The van der Waals surface area contributed by atoms with E-state index in [0.717, 1.165) is 25.0 Å². The van der Waals surface area contributed by atoms with E-state index >= 15 is 0 Å². The first-order valence-electron chi connectivity index (χ1n) is 5.59. The number of hydrogen-bond donors (Lipinski definition) is 1. The Morgan fingerprint density at radius 2 is 2.20 bits per heavy atom. The van der Waals surface area contributed by atoms with Crippen LogP contribution in [0.1, 0.15) is 33.1 Å². The van der Waals surface area contributed by atoms with Gasteiger partial charge in [-0.3, -0.25) is 4.79 Å². The fourth-order valence-corrected chi connectivity index (χ4v) is 1.79. The molecule has 1 fully saturated rings. The Labute approximate surface area is 92.3 Å². The lowest BCUT2D eigenvalue weighted by Crippen LogP contribution is -2.33. The van der Waals surface area contributed by atoms with Gasteiger partial charge in [0, 0.05) is 26.1 Å². The molecule has 0 unspecified atom stereocenters. The molecule has 1 saturated heterocycles. The number of likely N-dealkylation sites (tertiary alicyclic amines) is 1. The van der Waals surface area contributed by atoms with Gasteiger partial charge in [-0.2, -0.15) is 0 Å². The van der Waals surface area contributed by atoms with Gasteiger partial charge in [0.1, 0.15) is 0 Å². The highest BCUT2D eigenvalue weighted by atomic mass is 16.2. The maximum Gasteiger partial charge on any atom is 0.222 e. The number of carbonyl (C=O) groups excluding carboxylic acids is 1. The molecular formula is C12H22N2O. The molecule has 1 aliphatic rings. The number of nitrogens with zero attached hydrogens (tertiary/aromatic N) is 1. The second-order valence-electron chi connectivity index (χ2n) is 5.18. The number of carbonyl (C=O) groups is 1. The monoisotopic (exact) mass is 210 g/mol. The molecule has 1 heterocycles. The predicted molar refractivity (Wildman–Crippen MR) is 62.4 cm³/mol. The van der Waals surface area contributed by atoms with Crippen LogP contribution in [0.2, 0.25) is 0 Å². The third kappa shape index (κ3) is 3.67. The summed E-state index contributed by atoms with van der Waals surface area (Å²) in [7, 11) is 0. The topological polar surface area (TPSA) is 46.3 Å². The molecule has 0 bridgehead atoms. The molecule has 3 heteroatoms. The van der Waals surface area contributed by atoms with Crippen molar-refractivity contribution in [2.75, 3.05) is 19.6 Å². The minimum absolute atomic E-state index is 0.246. The van der Waals surface area contributed by atoms with Crippen molar-refractivity contribution in [2.45, 2.75) is 33.1 Å². The lowest BCUT2D eigenvalue weighted by atomic mass is 9.85. The van der Waals surface area contributed by atoms with Crippen LogP contribution in [0.4, 0.5) is 0 Å². The Bertz CT molecular complexity index is 258. The lowest BCUT2D eigenvalue weighted by Gasteiger charge is -2.23. The molecule has 0 spiro atoms. The zero-order valence-corrected chi connectivity index (χ0v) is 9.88. The molecule has 0 aliphatic carbocycles. The molecule has 0 radical (unpaired) electrons. The fourth-order valence-electron chi connectivity index (χ4n) is 1.79. The summed E-state index contributed by atoms with van der Waals surface area (Å²) in [6.07, 6.45) is 2.71. The number of amides is 1. The van der Waals surface area contributed by atoms with E-state index in [4.69, 9.17) is 5.73 Å². The number of nitrogens with two attached hydrogens (primary N) is 1. The van der Waals surface area contributed by atoms with Crippen LogP contribution in [0.5, 0.6) is 0 Å². The average Bonchev–Trinajstić information content (AvgIpc) is 2.31. The lowest BCUT2D eigenvalue weighted by molar-refractivity contribution is -0.130. The van der Waals surface area contributed by atoms with Crippen LogP contribution in [-0.2, 0) is 4.79 Å². The van der Waals surface area contributed by atoms with E-state index in [2.05, 4.69) is 20.4 Å². The molecular weight excluding hydrogens is 188 g/mol. The van der Waals surface area contributed by atoms with Crippen LogP contribution < -0.4 is 5.73 Å². The zero-order valence-electron chi connectivity index (χ0n) is 9.88. The van der Waals surface area contributed by atoms with E-state index in [1.54, 1.807) is 0 Å². The summed E-state index contributed by atoms with van der Waals surface area (Å²) >= 11 is 0. The van der Waals surface area contributed by atoms with Gasteiger partial charge in [-0.25, -0.2) is 0 Å². The fraction of sp³-hybridized carbons (Fsp3) is 0.750. The molecule has 0 aromatic rings. The van der Waals surface area contributed by atoms with Crippen LogP contribution in [0.15, 0.2) is 12.2 Å². The second-order valence-corrected chi connectivity index (χ2v) is 5.18. The number of hydrogen-bond acceptors (Lipinski definition) is 2. The third-order valence-electron chi connectivity index (χ3n) is 3.13. The van der Waals surface area contributed by atoms with Gasteiger partial charge in [-0.05, 0) is 23.8 Å². The average molecular weight is 210 g/mol. The summed E-state index contributed by atoms with van der Waals surface area (Å²) in [5.74, 6) is 0.246. The maximum atomic E-state index is 11.8. The normalized spacial score (nSPS) is 21.3. The zero-order chi connectivity index (χ0) is 11.5. The Kier molecular flexibility index (Phi) is 3.91. The van der Waals surface area contributed by atoms with Crippen LogP contribution in [0.25, 0.3) is 0 Å². The highest BCUT2D eigenvalue weighted by Crippen LogP contribution is 2.30. The minimum atomic E-state index is 0.246. The molecule has 0 aromatic carbocycles. The van der Waals surface area contributed by atoms with Crippen LogP contribution >= 0.6 is 0 Å². The van der Waals surface area contributed by atoms with Crippen molar-refractivity contribution in [2.24, 2.45) is 11.1 Å². The summed E-state index contributed by atoms with van der Waals surface area (Å²) < 4.78 is 0. The maximum absolute atomic E-state index is 11.8. The Balaban J connectivity index is 2.58. The molecule has 1 aliphatic heterocycles. The van der Waals surface area contributed by atoms with Gasteiger partial charge in [-0.15, -0.1) is 0 Å². The standard InChI is InChI=1S/C12H22N2O/c1-10(8-13)9-14-7-6-12(2,3)5-4-11(14)15/h1,4-9,13H2,2-3H3. The van der Waals surface area contributed by atoms with Gasteiger partial charge in [-0.1, -0.05) is 20.4 Å². The van der Waals surface area contributed by atoms with Crippen molar-refractivity contribution in [3.05, 3.63) is 12.2 Å². The summed E-state index contributed by atoms with van der Waals surface area (Å²) in [6.45, 7) is 10.2. The van der Waals surface area contributed by atoms with Crippen molar-refractivity contribution in [3.8, 4) is 0 Å². The van der Waals surface area contributed by atoms with Crippen LogP contribution in [-0.4, -0.2) is 30.4 Å². The van der Waals surface area contributed by atoms with Gasteiger partial charge in [0.15, 0.2) is 0 Å². The molecule has 0 saturated carbocycles. The Morgan fingerprint density at radius 3 is 2.80 bits per heavy atom. The van der Waals surface area contributed by atoms with Crippen molar-refractivity contribution in [3.63, 3.8) is 0 Å². The summed E-state index contributed by atoms with van der Waals surface area (Å²) in [4.78, 5) is 13.7. The van der Waals surface area contributed by atoms with E-state index in [1.165, 1.54) is 0 Å². The molecule has 1 rings (SSSR count). The Hall–Kier alpha value is -0.830. The van der Waals surface area contributed by atoms with E-state index in [0.29, 0.717) is 19.5 Å². The number of rotatable bonds is 3. The van der Waals surface area contributed by atoms with Gasteiger partial charge in [0.2, 0.25) is 5.91 Å². The van der Waals surface area contributed by atoms with Crippen LogP contribution in [0, 0.1) is 5.41 Å². The first kappa shape index (κ1) is 12.2. The minimum Gasteiger partial charge on any atom is -0.339 e. The van der Waals surface area contributed by atoms with E-state index in [9.17, 15) is 4.79 Å². The molecule has 1 amide bonds. The van der Waals surface area contributed by atoms with Crippen molar-refractivity contribution < 1.29 is 4.79 Å². The SMILES string of the molecule is C=C(CN)CN1CCC(C)(C)CCC1=O. The van der Waals surface area contributed by atoms with Gasteiger partial charge in [0.05, 0.1) is 0 Å². The van der Waals surface area contributed by atoms with Crippen molar-refractivity contribution >= 4 is 5.91 Å². The first-order valence-corrected chi connectivity index (χ1v) is 5.59. The van der Waals surface area contributed by atoms with E-state index in [-0.39, 0.29) is 11.3 Å². The van der Waals surface area contributed by atoms with Gasteiger partial charge >= 0.3 is 0 Å². The smallest absolute Gasteiger partial charge is 0.222 e. The van der Waals surface area contributed by atoms with Crippen LogP contribution in [0.3, 0.4) is 0 Å². The summed E-state index contributed by atoms with van der Waals surface area (Å²) in [5.41, 5.74) is 6.71. The Morgan fingerprint density at radius 1 is 1.53 bits per heavy atom. The third-order valence-corrected chi connectivity index (χ3v) is 3.13. The molecule has 0 atom stereocenters. The second kappa shape index (κ2) is 4.79. The van der Waals surface area contributed by atoms with Gasteiger partial charge in [0.25, 0.3) is 0 Å². The van der Waals surface area contributed by atoms with E-state index in [1.807, 2.05) is 4.90 Å². The van der Waals surface area contributed by atoms with E-state index < -0.39 is 0 Å². The highest BCUT2D eigenvalue weighted by Gasteiger charge is 2.27. The summed E-state index contributed by atoms with van der Waals surface area (Å²) in [6, 6.07) is 0. The van der Waals surface area contributed by atoms with Crippen molar-refractivity contribution in [1.29, 1.82) is 0 Å².